The van der Waals surface area contributed by atoms with Gasteiger partial charge in [0, 0.05) is 18.3 Å². The van der Waals surface area contributed by atoms with Crippen LogP contribution >= 0.6 is 15.9 Å². The molecular weight excluding hydrogens is 308 g/mol. The van der Waals surface area contributed by atoms with Crippen LogP contribution < -0.4 is 5.73 Å². The Morgan fingerprint density at radius 1 is 1.37 bits per heavy atom. The number of hydrogen-bond acceptors (Lipinski definition) is 3. The summed E-state index contributed by atoms with van der Waals surface area (Å²) in [6.07, 6.45) is 0. The third-order valence-electron chi connectivity index (χ3n) is 2.72. The van der Waals surface area contributed by atoms with E-state index in [1.807, 2.05) is 25.1 Å². The minimum atomic E-state index is -0.0806. The zero-order valence-corrected chi connectivity index (χ0v) is 12.4. The van der Waals surface area contributed by atoms with Crippen molar-refractivity contribution in [1.29, 1.82) is 0 Å². The molecule has 0 atom stereocenters. The Hall–Kier alpha value is -1.75. The highest BCUT2D eigenvalue weighted by atomic mass is 79.9. The van der Waals surface area contributed by atoms with Crippen LogP contribution in [-0.4, -0.2) is 17.9 Å². The first-order valence-electron chi connectivity index (χ1n) is 5.82. The number of furan rings is 1. The molecule has 1 aromatic carbocycles. The third kappa shape index (κ3) is 3.38. The molecule has 1 aromatic heterocycles. The number of carbonyl (C=O) groups is 1. The first-order chi connectivity index (χ1) is 8.95. The minimum Gasteiger partial charge on any atom is -0.452 e. The number of anilines is 1. The van der Waals surface area contributed by atoms with Gasteiger partial charge >= 0.3 is 0 Å². The topological polar surface area (TPSA) is 59.5 Å². The van der Waals surface area contributed by atoms with Crippen molar-refractivity contribution < 1.29 is 9.21 Å². The van der Waals surface area contributed by atoms with E-state index in [0.29, 0.717) is 22.5 Å². The van der Waals surface area contributed by atoms with Crippen molar-refractivity contribution in [3.05, 3.63) is 51.9 Å². The molecule has 0 bridgehead atoms. The lowest BCUT2D eigenvalue weighted by Crippen LogP contribution is -2.26. The molecule has 0 unspecified atom stereocenters. The Morgan fingerprint density at radius 3 is 2.68 bits per heavy atom. The summed E-state index contributed by atoms with van der Waals surface area (Å²) in [6.45, 7) is 2.33. The van der Waals surface area contributed by atoms with E-state index in [1.54, 1.807) is 24.1 Å². The van der Waals surface area contributed by atoms with Crippen LogP contribution in [0.3, 0.4) is 0 Å². The number of carbonyl (C=O) groups excluding carboxylic acids is 1. The highest BCUT2D eigenvalue weighted by molar-refractivity contribution is 9.10. The van der Waals surface area contributed by atoms with Crippen LogP contribution in [0.1, 0.15) is 21.7 Å². The fourth-order valence-electron chi connectivity index (χ4n) is 1.90. The zero-order chi connectivity index (χ0) is 14.0. The molecule has 2 N–H and O–H groups in total. The molecule has 4 nitrogen and oxygen atoms in total. The van der Waals surface area contributed by atoms with Gasteiger partial charge in [-0.1, -0.05) is 0 Å². The molecule has 0 spiro atoms. The van der Waals surface area contributed by atoms with Crippen LogP contribution in [0.2, 0.25) is 0 Å². The molecule has 1 amide bonds. The second kappa shape index (κ2) is 5.48. The van der Waals surface area contributed by atoms with Gasteiger partial charge in [0.15, 0.2) is 4.67 Å². The maximum absolute atomic E-state index is 12.3. The monoisotopic (exact) mass is 322 g/mol. The first kappa shape index (κ1) is 13.7. The molecule has 1 heterocycles. The molecule has 5 heteroatoms. The van der Waals surface area contributed by atoms with Gasteiger partial charge in [0.2, 0.25) is 0 Å². The summed E-state index contributed by atoms with van der Waals surface area (Å²) in [5, 5.41) is 0. The van der Waals surface area contributed by atoms with Gasteiger partial charge in [0.1, 0.15) is 5.76 Å². The molecule has 2 rings (SSSR count). The number of amides is 1. The third-order valence-corrected chi connectivity index (χ3v) is 3.14. The van der Waals surface area contributed by atoms with Crippen molar-refractivity contribution in [2.75, 3.05) is 12.8 Å². The van der Waals surface area contributed by atoms with Crippen molar-refractivity contribution in [3.63, 3.8) is 0 Å². The van der Waals surface area contributed by atoms with Crippen LogP contribution in [0, 0.1) is 6.92 Å². The number of nitrogens with two attached hydrogens (primary N) is 1. The Kier molecular flexibility index (Phi) is 3.95. The average Bonchev–Trinajstić information content (AvgIpc) is 2.72. The Labute approximate surface area is 120 Å². The summed E-state index contributed by atoms with van der Waals surface area (Å²) in [4.78, 5) is 13.9. The highest BCUT2D eigenvalue weighted by Crippen LogP contribution is 2.17. The number of nitrogens with zero attached hydrogens (tertiary/aromatic N) is 1. The molecule has 19 heavy (non-hydrogen) atoms. The maximum atomic E-state index is 12.3. The number of aryl methyl sites for hydroxylation is 1. The predicted molar refractivity (Wildman–Crippen MR) is 77.8 cm³/mol. The van der Waals surface area contributed by atoms with Crippen molar-refractivity contribution in [2.45, 2.75) is 13.5 Å². The van der Waals surface area contributed by atoms with Gasteiger partial charge in [-0.15, -0.1) is 0 Å². The van der Waals surface area contributed by atoms with E-state index in [2.05, 4.69) is 15.9 Å². The van der Waals surface area contributed by atoms with E-state index < -0.39 is 0 Å². The van der Waals surface area contributed by atoms with Gasteiger partial charge in [-0.3, -0.25) is 4.79 Å². The molecule has 0 aliphatic carbocycles. The number of benzene rings is 1. The van der Waals surface area contributed by atoms with Gasteiger partial charge in [0.25, 0.3) is 5.91 Å². The van der Waals surface area contributed by atoms with Gasteiger partial charge in [0.05, 0.1) is 6.54 Å². The summed E-state index contributed by atoms with van der Waals surface area (Å²) in [6, 6.07) is 8.98. The lowest BCUT2D eigenvalue weighted by atomic mass is 10.1. The van der Waals surface area contributed by atoms with Crippen LogP contribution in [0.25, 0.3) is 0 Å². The predicted octanol–water partition coefficient (Wildman–Crippen LogP) is 3.20. The van der Waals surface area contributed by atoms with Gasteiger partial charge in [-0.2, -0.15) is 0 Å². The van der Waals surface area contributed by atoms with Crippen LogP contribution in [0.5, 0.6) is 0 Å². The molecule has 2 aromatic rings. The fourth-order valence-corrected chi connectivity index (χ4v) is 2.24. The standard InChI is InChI=1S/C14H15BrN2O2/c1-9-5-10(7-11(16)6-9)14(18)17(2)8-12-3-4-13(15)19-12/h3-7H,8,16H2,1-2H3. The first-order valence-corrected chi connectivity index (χ1v) is 6.62. The summed E-state index contributed by atoms with van der Waals surface area (Å²) >= 11 is 3.24. The number of rotatable bonds is 3. The van der Waals surface area contributed by atoms with Crippen LogP contribution in [0.15, 0.2) is 39.4 Å². The lowest BCUT2D eigenvalue weighted by Gasteiger charge is -2.16. The van der Waals surface area contributed by atoms with Crippen LogP contribution in [0.4, 0.5) is 5.69 Å². The highest BCUT2D eigenvalue weighted by Gasteiger charge is 2.14. The summed E-state index contributed by atoms with van der Waals surface area (Å²) < 4.78 is 6.04. The maximum Gasteiger partial charge on any atom is 0.254 e. The summed E-state index contributed by atoms with van der Waals surface area (Å²) in [7, 11) is 1.73. The molecule has 0 radical (unpaired) electrons. The molecule has 100 valence electrons. The normalized spacial score (nSPS) is 10.5. The summed E-state index contributed by atoms with van der Waals surface area (Å²) in [5.74, 6) is 0.645. The van der Waals surface area contributed by atoms with Gasteiger partial charge in [-0.25, -0.2) is 0 Å². The van der Waals surface area contributed by atoms with Crippen LogP contribution in [-0.2, 0) is 6.54 Å². The molecule has 0 saturated carbocycles. The van der Waals surface area contributed by atoms with E-state index in [4.69, 9.17) is 10.2 Å². The number of hydrogen-bond donors (Lipinski definition) is 1. The van der Waals surface area contributed by atoms with E-state index in [0.717, 1.165) is 11.3 Å². The zero-order valence-electron chi connectivity index (χ0n) is 10.8. The molecule has 0 aliphatic heterocycles. The Morgan fingerprint density at radius 2 is 2.11 bits per heavy atom. The molecule has 0 saturated heterocycles. The average molecular weight is 323 g/mol. The number of halogens is 1. The van der Waals surface area contributed by atoms with Crippen molar-refractivity contribution in [3.8, 4) is 0 Å². The van der Waals surface area contributed by atoms with Crippen molar-refractivity contribution in [1.82, 2.24) is 4.90 Å². The summed E-state index contributed by atoms with van der Waals surface area (Å²) in [5.41, 5.74) is 7.91. The van der Waals surface area contributed by atoms with E-state index in [-0.39, 0.29) is 5.91 Å². The molecule has 0 aliphatic rings. The second-order valence-corrected chi connectivity index (χ2v) is 5.28. The fraction of sp³-hybridized carbons (Fsp3) is 0.214. The van der Waals surface area contributed by atoms with E-state index in [9.17, 15) is 4.79 Å². The van der Waals surface area contributed by atoms with Gasteiger partial charge in [-0.05, 0) is 58.7 Å². The van der Waals surface area contributed by atoms with Crippen molar-refractivity contribution >= 4 is 27.5 Å². The van der Waals surface area contributed by atoms with Gasteiger partial charge < -0.3 is 15.1 Å². The van der Waals surface area contributed by atoms with Crippen molar-refractivity contribution in [2.24, 2.45) is 0 Å². The SMILES string of the molecule is Cc1cc(N)cc(C(=O)N(C)Cc2ccc(Br)o2)c1. The number of nitrogen functional groups attached to an aromatic ring is 1. The molecular formula is C14H15BrN2O2. The lowest BCUT2D eigenvalue weighted by molar-refractivity contribution is 0.0775. The second-order valence-electron chi connectivity index (χ2n) is 4.50. The largest absolute Gasteiger partial charge is 0.452 e. The Balaban J connectivity index is 2.14. The smallest absolute Gasteiger partial charge is 0.254 e. The van der Waals surface area contributed by atoms with E-state index >= 15 is 0 Å². The van der Waals surface area contributed by atoms with E-state index in [1.165, 1.54) is 0 Å². The Bertz CT molecular complexity index is 587. The molecule has 0 fully saturated rings. The quantitative estimate of drug-likeness (QED) is 0.883. The minimum absolute atomic E-state index is 0.0806.